The molecule has 1 N–H and O–H groups in total. The monoisotopic (exact) mass is 413 g/mol. The minimum atomic E-state index is -1.75. The van der Waals surface area contributed by atoms with Crippen LogP contribution in [-0.4, -0.2) is 55.4 Å². The van der Waals surface area contributed by atoms with Crippen LogP contribution in [0.1, 0.15) is 73.6 Å². The Kier molecular flexibility index (Phi) is 9.62. The summed E-state index contributed by atoms with van der Waals surface area (Å²) >= 11 is 0. The molecule has 1 unspecified atom stereocenters. The van der Waals surface area contributed by atoms with E-state index < -0.39 is 28.8 Å². The quantitative estimate of drug-likeness (QED) is 0.172. The van der Waals surface area contributed by atoms with Gasteiger partial charge in [-0.1, -0.05) is 26.2 Å². The van der Waals surface area contributed by atoms with Crippen molar-refractivity contribution >= 4 is 25.5 Å². The number of ether oxygens (including phenoxy) is 2. The molecule has 1 atom stereocenters. The molecule has 0 bridgehead atoms. The number of hydrogen-bond acceptors (Lipinski definition) is 7. The highest BCUT2D eigenvalue weighted by Gasteiger charge is 2.50. The summed E-state index contributed by atoms with van der Waals surface area (Å²) in [5.74, 6) is -0.780. The van der Waals surface area contributed by atoms with Gasteiger partial charge in [0.1, 0.15) is 0 Å². The largest absolute Gasteiger partial charge is 0.464 e. The Hall–Kier alpha value is -1.61. The molecule has 1 fully saturated rings. The van der Waals surface area contributed by atoms with Crippen molar-refractivity contribution in [2.24, 2.45) is 0 Å². The van der Waals surface area contributed by atoms with E-state index in [9.17, 15) is 14.4 Å². The van der Waals surface area contributed by atoms with Crippen LogP contribution in [-0.2, 0) is 28.4 Å². The van der Waals surface area contributed by atoms with Crippen molar-refractivity contribution in [1.29, 1.82) is 0 Å². The van der Waals surface area contributed by atoms with Crippen molar-refractivity contribution in [3.63, 3.8) is 0 Å². The fourth-order valence-corrected chi connectivity index (χ4v) is 2.94. The molecular formula is C20H36BNO7. The second kappa shape index (κ2) is 11.0. The predicted molar refractivity (Wildman–Crippen MR) is 110 cm³/mol. The molecular weight excluding hydrogens is 377 g/mol. The average molecular weight is 413 g/mol. The smallest absolute Gasteiger partial charge is 0.457 e. The van der Waals surface area contributed by atoms with Gasteiger partial charge in [-0.2, -0.15) is 0 Å². The molecule has 1 saturated heterocycles. The lowest BCUT2D eigenvalue weighted by molar-refractivity contribution is -0.152. The lowest BCUT2D eigenvalue weighted by Crippen LogP contribution is -2.57. The van der Waals surface area contributed by atoms with Gasteiger partial charge in [0.25, 0.3) is 0 Å². The minimum absolute atomic E-state index is 0.106. The highest BCUT2D eigenvalue weighted by molar-refractivity contribution is 6.45. The van der Waals surface area contributed by atoms with E-state index in [0.29, 0.717) is 31.9 Å². The van der Waals surface area contributed by atoms with Crippen LogP contribution in [0.5, 0.6) is 0 Å². The highest BCUT2D eigenvalue weighted by Crippen LogP contribution is 2.38. The van der Waals surface area contributed by atoms with Gasteiger partial charge in [-0.25, -0.2) is 9.59 Å². The number of rotatable bonds is 12. The molecule has 1 heterocycles. The Morgan fingerprint density at radius 3 is 2.17 bits per heavy atom. The molecule has 0 aliphatic carbocycles. The maximum atomic E-state index is 12.4. The predicted octanol–water partition coefficient (Wildman–Crippen LogP) is 3.28. The van der Waals surface area contributed by atoms with Crippen molar-refractivity contribution in [2.75, 3.05) is 13.2 Å². The summed E-state index contributed by atoms with van der Waals surface area (Å²) < 4.78 is 22.0. The second-order valence-corrected chi connectivity index (χ2v) is 8.36. The molecule has 8 nitrogen and oxygen atoms in total. The van der Waals surface area contributed by atoms with E-state index in [0.717, 1.165) is 6.42 Å². The maximum absolute atomic E-state index is 12.4. The maximum Gasteiger partial charge on any atom is 0.457 e. The van der Waals surface area contributed by atoms with Crippen LogP contribution >= 0.6 is 0 Å². The fraction of sp³-hybridized carbons (Fsp3) is 0.850. The number of carbonyl (C=O) groups excluding carboxylic acids is 3. The summed E-state index contributed by atoms with van der Waals surface area (Å²) in [6.45, 7) is 11.9. The number of nitrogens with one attached hydrogen (secondary N) is 1. The van der Waals surface area contributed by atoms with Crippen LogP contribution in [0.15, 0.2) is 0 Å². The topological polar surface area (TPSA) is 100 Å². The molecule has 0 aromatic heterocycles. The third-order valence-corrected chi connectivity index (χ3v) is 5.46. The summed E-state index contributed by atoms with van der Waals surface area (Å²) in [6.07, 6.45) is 3.07. The molecule has 9 heteroatoms. The van der Waals surface area contributed by atoms with E-state index in [-0.39, 0.29) is 26.8 Å². The molecule has 0 saturated carbocycles. The Morgan fingerprint density at radius 2 is 1.66 bits per heavy atom. The van der Waals surface area contributed by atoms with Gasteiger partial charge in [0.05, 0.1) is 24.4 Å². The van der Waals surface area contributed by atoms with Gasteiger partial charge < -0.3 is 23.6 Å². The third-order valence-electron chi connectivity index (χ3n) is 5.46. The first-order valence-corrected chi connectivity index (χ1v) is 10.5. The number of aldehydes is 1. The lowest BCUT2D eigenvalue weighted by Gasteiger charge is -2.32. The number of unbranched alkanes of at least 4 members (excludes halogenated alkanes) is 2. The van der Waals surface area contributed by atoms with Gasteiger partial charge in [0.15, 0.2) is 11.8 Å². The Balaban J connectivity index is 2.64. The molecule has 29 heavy (non-hydrogen) atoms. The van der Waals surface area contributed by atoms with Crippen molar-refractivity contribution < 1.29 is 33.2 Å². The zero-order chi connectivity index (χ0) is 22.1. The van der Waals surface area contributed by atoms with Crippen LogP contribution < -0.4 is 5.32 Å². The minimum Gasteiger partial charge on any atom is -0.464 e. The number of hydrogen-bond donors (Lipinski definition) is 1. The van der Waals surface area contributed by atoms with Crippen LogP contribution in [0, 0.1) is 0 Å². The molecule has 0 aromatic rings. The normalized spacial score (nSPS) is 19.3. The Bertz CT molecular complexity index is 551. The third kappa shape index (κ3) is 6.99. The van der Waals surface area contributed by atoms with E-state index in [1.165, 1.54) is 0 Å². The van der Waals surface area contributed by atoms with Crippen LogP contribution in [0.4, 0.5) is 4.79 Å². The number of alkyl carbamates (subject to hydrolysis) is 1. The Labute approximate surface area is 174 Å². The Morgan fingerprint density at radius 1 is 1.03 bits per heavy atom. The van der Waals surface area contributed by atoms with Crippen molar-refractivity contribution in [1.82, 2.24) is 5.32 Å². The first kappa shape index (κ1) is 25.4. The van der Waals surface area contributed by atoms with Crippen molar-refractivity contribution in [3.8, 4) is 0 Å². The van der Waals surface area contributed by atoms with Gasteiger partial charge in [0, 0.05) is 0 Å². The number of carbonyl (C=O) groups is 3. The van der Waals surface area contributed by atoms with E-state index in [1.54, 1.807) is 6.92 Å². The molecule has 1 amide bonds. The first-order valence-electron chi connectivity index (χ1n) is 10.5. The van der Waals surface area contributed by atoms with Gasteiger partial charge in [-0.15, -0.1) is 0 Å². The summed E-state index contributed by atoms with van der Waals surface area (Å²) in [4.78, 5) is 36.3. The zero-order valence-corrected chi connectivity index (χ0v) is 18.7. The fourth-order valence-electron chi connectivity index (χ4n) is 2.94. The summed E-state index contributed by atoms with van der Waals surface area (Å²) in [5.41, 5.74) is -2.56. The molecule has 1 aliphatic heterocycles. The van der Waals surface area contributed by atoms with Gasteiger partial charge in [0.2, 0.25) is 0 Å². The first-order chi connectivity index (χ1) is 13.5. The van der Waals surface area contributed by atoms with E-state index in [4.69, 9.17) is 18.8 Å². The van der Waals surface area contributed by atoms with Crippen molar-refractivity contribution in [3.05, 3.63) is 0 Å². The number of esters is 1. The highest BCUT2D eigenvalue weighted by atomic mass is 16.7. The number of amides is 1. The molecule has 0 spiro atoms. The van der Waals surface area contributed by atoms with E-state index >= 15 is 0 Å². The zero-order valence-electron chi connectivity index (χ0n) is 18.7. The van der Waals surface area contributed by atoms with Crippen LogP contribution in [0.3, 0.4) is 0 Å². The lowest BCUT2D eigenvalue weighted by atomic mass is 9.81. The van der Waals surface area contributed by atoms with Crippen LogP contribution in [0.2, 0.25) is 6.32 Å². The molecule has 0 aromatic carbocycles. The van der Waals surface area contributed by atoms with Gasteiger partial charge in [-0.05, 0) is 53.8 Å². The SMILES string of the molecule is CCCCOC(=O)NC(C=O)(CCCCB1OC(C)(C)C(C)(C)O1)C(=O)OCC. The summed E-state index contributed by atoms with van der Waals surface area (Å²) in [5, 5.41) is 2.41. The standard InChI is InChI=1S/C20H36BNO7/c1-7-9-14-27-17(25)22-20(15-23,16(24)26-8-2)12-10-11-13-21-28-18(3,4)19(5,6)29-21/h15H,7-14H2,1-6H3,(H,22,25). The second-order valence-electron chi connectivity index (χ2n) is 8.36. The van der Waals surface area contributed by atoms with E-state index in [1.807, 2.05) is 34.6 Å². The van der Waals surface area contributed by atoms with E-state index in [2.05, 4.69) is 5.32 Å². The molecule has 0 radical (unpaired) electrons. The average Bonchev–Trinajstić information content (AvgIpc) is 2.84. The van der Waals surface area contributed by atoms with Crippen LogP contribution in [0.25, 0.3) is 0 Å². The molecule has 1 rings (SSSR count). The molecule has 1 aliphatic rings. The summed E-state index contributed by atoms with van der Waals surface area (Å²) in [6, 6.07) is 0. The summed E-state index contributed by atoms with van der Waals surface area (Å²) in [7, 11) is -0.347. The molecule has 166 valence electrons. The van der Waals surface area contributed by atoms with Crippen molar-refractivity contribution in [2.45, 2.75) is 96.7 Å². The van der Waals surface area contributed by atoms with Gasteiger partial charge >= 0.3 is 19.2 Å². The van der Waals surface area contributed by atoms with Gasteiger partial charge in [-0.3, -0.25) is 5.32 Å².